The molecule has 0 fully saturated rings. The van der Waals surface area contributed by atoms with Crippen LogP contribution in [0.1, 0.15) is 18.1 Å². The van der Waals surface area contributed by atoms with Crippen LogP contribution in [-0.2, 0) is 36.0 Å². The number of carbonyl (C=O) groups is 3. The summed E-state index contributed by atoms with van der Waals surface area (Å²) in [5, 5.41) is 0. The standard InChI is InChI=1S/C21H21NO6/c1-21(28-19(24)13-23)17-12-16(27-15-7-5-4-6-8-15)10-9-14(17)11-18(22(21)2)20(25)26-3/h4-10,12-13,18H,11H2,1-3H3. The molecule has 0 amide bonds. The van der Waals surface area contributed by atoms with Crippen LogP contribution >= 0.6 is 0 Å². The molecule has 0 N–H and O–H groups in total. The van der Waals surface area contributed by atoms with Gasteiger partial charge >= 0.3 is 11.9 Å². The average Bonchev–Trinajstić information content (AvgIpc) is 2.71. The first-order chi connectivity index (χ1) is 13.4. The first-order valence-corrected chi connectivity index (χ1v) is 8.74. The van der Waals surface area contributed by atoms with Crippen molar-refractivity contribution in [1.29, 1.82) is 0 Å². The smallest absolute Gasteiger partial charge is 0.373 e. The summed E-state index contributed by atoms with van der Waals surface area (Å²) in [7, 11) is 2.95. The lowest BCUT2D eigenvalue weighted by atomic mass is 9.86. The van der Waals surface area contributed by atoms with Gasteiger partial charge in [-0.1, -0.05) is 24.3 Å². The summed E-state index contributed by atoms with van der Waals surface area (Å²) in [6, 6.07) is 14.0. The van der Waals surface area contributed by atoms with E-state index in [2.05, 4.69) is 0 Å². The van der Waals surface area contributed by atoms with Gasteiger partial charge < -0.3 is 14.2 Å². The van der Waals surface area contributed by atoms with E-state index in [1.165, 1.54) is 7.11 Å². The van der Waals surface area contributed by atoms with E-state index in [-0.39, 0.29) is 6.29 Å². The third kappa shape index (κ3) is 3.61. The Morgan fingerprint density at radius 2 is 1.86 bits per heavy atom. The van der Waals surface area contributed by atoms with E-state index in [1.807, 2.05) is 36.4 Å². The fraction of sp³-hybridized carbons (Fsp3) is 0.286. The second-order valence-electron chi connectivity index (χ2n) is 6.61. The number of benzene rings is 2. The maximum atomic E-state index is 12.2. The third-order valence-electron chi connectivity index (χ3n) is 4.98. The van der Waals surface area contributed by atoms with Gasteiger partial charge in [-0.2, -0.15) is 0 Å². The molecule has 7 nitrogen and oxygen atoms in total. The van der Waals surface area contributed by atoms with Gasteiger partial charge in [0.25, 0.3) is 0 Å². The maximum absolute atomic E-state index is 12.2. The second-order valence-corrected chi connectivity index (χ2v) is 6.61. The van der Waals surface area contributed by atoms with Crippen LogP contribution in [-0.4, -0.2) is 43.3 Å². The summed E-state index contributed by atoms with van der Waals surface area (Å²) < 4.78 is 16.2. The van der Waals surface area contributed by atoms with Crippen molar-refractivity contribution in [3.05, 3.63) is 59.7 Å². The highest BCUT2D eigenvalue weighted by molar-refractivity contribution is 6.20. The summed E-state index contributed by atoms with van der Waals surface area (Å²) in [6.45, 7) is 1.63. The molecule has 2 atom stereocenters. The van der Waals surface area contributed by atoms with Crippen LogP contribution in [0.25, 0.3) is 0 Å². The molecule has 2 aromatic carbocycles. The van der Waals surface area contributed by atoms with Crippen molar-refractivity contribution in [3.8, 4) is 11.5 Å². The fourth-order valence-corrected chi connectivity index (χ4v) is 3.41. The van der Waals surface area contributed by atoms with Gasteiger partial charge in [-0.15, -0.1) is 0 Å². The molecule has 7 heteroatoms. The van der Waals surface area contributed by atoms with Crippen LogP contribution in [0.3, 0.4) is 0 Å². The Labute approximate surface area is 162 Å². The van der Waals surface area contributed by atoms with Gasteiger partial charge in [0.1, 0.15) is 17.5 Å². The second kappa shape index (κ2) is 7.82. The lowest BCUT2D eigenvalue weighted by Gasteiger charge is -2.46. The number of rotatable bonds is 5. The largest absolute Gasteiger partial charge is 0.468 e. The van der Waals surface area contributed by atoms with Gasteiger partial charge in [0.15, 0.2) is 5.72 Å². The Balaban J connectivity index is 2.04. The molecule has 2 aromatic rings. The van der Waals surface area contributed by atoms with Gasteiger partial charge in [-0.3, -0.25) is 14.5 Å². The van der Waals surface area contributed by atoms with Crippen LogP contribution < -0.4 is 4.74 Å². The van der Waals surface area contributed by atoms with Crippen molar-refractivity contribution in [2.24, 2.45) is 0 Å². The zero-order valence-electron chi connectivity index (χ0n) is 15.9. The van der Waals surface area contributed by atoms with Gasteiger partial charge in [0.05, 0.1) is 7.11 Å². The molecule has 28 heavy (non-hydrogen) atoms. The molecule has 1 heterocycles. The van der Waals surface area contributed by atoms with Crippen molar-refractivity contribution in [1.82, 2.24) is 4.90 Å². The Morgan fingerprint density at radius 1 is 1.14 bits per heavy atom. The Hall–Kier alpha value is -3.19. The van der Waals surface area contributed by atoms with Gasteiger partial charge in [-0.05, 0) is 50.2 Å². The lowest BCUT2D eigenvalue weighted by molar-refractivity contribution is -0.193. The summed E-state index contributed by atoms with van der Waals surface area (Å²) in [4.78, 5) is 36.5. The highest BCUT2D eigenvalue weighted by Gasteiger charge is 2.47. The van der Waals surface area contributed by atoms with E-state index >= 15 is 0 Å². The van der Waals surface area contributed by atoms with E-state index < -0.39 is 23.7 Å². The molecule has 0 aliphatic carbocycles. The van der Waals surface area contributed by atoms with E-state index in [0.29, 0.717) is 23.5 Å². The Morgan fingerprint density at radius 3 is 2.50 bits per heavy atom. The molecular formula is C21H21NO6. The number of hydrogen-bond donors (Lipinski definition) is 0. The zero-order valence-corrected chi connectivity index (χ0v) is 15.9. The third-order valence-corrected chi connectivity index (χ3v) is 4.98. The van der Waals surface area contributed by atoms with E-state index in [1.54, 1.807) is 31.0 Å². The van der Waals surface area contributed by atoms with Gasteiger partial charge in [-0.25, -0.2) is 4.79 Å². The first-order valence-electron chi connectivity index (χ1n) is 8.74. The summed E-state index contributed by atoms with van der Waals surface area (Å²) in [5.41, 5.74) is 0.0921. The normalized spacial score (nSPS) is 21.3. The number of hydrogen-bond acceptors (Lipinski definition) is 7. The molecule has 2 unspecified atom stereocenters. The number of para-hydroxylation sites is 1. The van der Waals surface area contributed by atoms with Crippen molar-refractivity contribution >= 4 is 18.2 Å². The van der Waals surface area contributed by atoms with Crippen LogP contribution in [0.15, 0.2) is 48.5 Å². The minimum atomic E-state index is -1.35. The molecular weight excluding hydrogens is 362 g/mol. The minimum Gasteiger partial charge on any atom is -0.468 e. The highest BCUT2D eigenvalue weighted by atomic mass is 16.6. The molecule has 0 bridgehead atoms. The molecule has 0 radical (unpaired) electrons. The van der Waals surface area contributed by atoms with Crippen LogP contribution in [0.2, 0.25) is 0 Å². The molecule has 1 aliphatic heterocycles. The van der Waals surface area contributed by atoms with E-state index in [9.17, 15) is 14.4 Å². The molecule has 1 aliphatic rings. The predicted octanol–water partition coefficient (Wildman–Crippen LogP) is 2.42. The maximum Gasteiger partial charge on any atom is 0.373 e. The Bertz CT molecular complexity index is 897. The highest BCUT2D eigenvalue weighted by Crippen LogP contribution is 2.40. The summed E-state index contributed by atoms with van der Waals surface area (Å²) in [5.74, 6) is -0.278. The van der Waals surface area contributed by atoms with Crippen molar-refractivity contribution in [2.45, 2.75) is 25.1 Å². The predicted molar refractivity (Wildman–Crippen MR) is 99.7 cm³/mol. The molecule has 0 saturated carbocycles. The number of esters is 2. The van der Waals surface area contributed by atoms with E-state index in [4.69, 9.17) is 14.2 Å². The number of aldehydes is 1. The number of ether oxygens (including phenoxy) is 3. The van der Waals surface area contributed by atoms with Crippen LogP contribution in [0.4, 0.5) is 0 Å². The van der Waals surface area contributed by atoms with Crippen LogP contribution in [0.5, 0.6) is 11.5 Å². The van der Waals surface area contributed by atoms with Gasteiger partial charge in [0.2, 0.25) is 6.29 Å². The van der Waals surface area contributed by atoms with Crippen molar-refractivity contribution < 1.29 is 28.6 Å². The molecule has 0 spiro atoms. The SMILES string of the molecule is COC(=O)C1Cc2ccc(Oc3ccccc3)cc2C(C)(OC(=O)C=O)N1C. The van der Waals surface area contributed by atoms with Crippen LogP contribution in [0, 0.1) is 0 Å². The molecule has 146 valence electrons. The quantitative estimate of drug-likeness (QED) is 0.445. The summed E-state index contributed by atoms with van der Waals surface area (Å²) >= 11 is 0. The number of carbonyl (C=O) groups excluding carboxylic acids is 3. The van der Waals surface area contributed by atoms with E-state index in [0.717, 1.165) is 5.56 Å². The Kier molecular flexibility index (Phi) is 5.46. The topological polar surface area (TPSA) is 82.1 Å². The zero-order chi connectivity index (χ0) is 20.3. The number of methoxy groups -OCH3 is 1. The monoisotopic (exact) mass is 383 g/mol. The number of nitrogens with zero attached hydrogens (tertiary/aromatic N) is 1. The molecule has 0 saturated heterocycles. The van der Waals surface area contributed by atoms with Gasteiger partial charge in [0, 0.05) is 5.56 Å². The first kappa shape index (κ1) is 19.6. The van der Waals surface area contributed by atoms with Crippen molar-refractivity contribution in [3.63, 3.8) is 0 Å². The fourth-order valence-electron chi connectivity index (χ4n) is 3.41. The number of fused-ring (bicyclic) bond motifs is 1. The molecule has 0 aromatic heterocycles. The molecule has 3 rings (SSSR count). The minimum absolute atomic E-state index is 0.102. The van der Waals surface area contributed by atoms with Crippen molar-refractivity contribution in [2.75, 3.05) is 14.2 Å². The summed E-state index contributed by atoms with van der Waals surface area (Å²) in [6.07, 6.45) is 0.475. The number of likely N-dealkylation sites (N-methyl/N-ethyl adjacent to an activating group) is 1. The lowest BCUT2D eigenvalue weighted by Crippen LogP contribution is -2.57. The average molecular weight is 383 g/mol.